The van der Waals surface area contributed by atoms with Crippen LogP contribution in [0.25, 0.3) is 0 Å². The topological polar surface area (TPSA) is 75.6 Å². The van der Waals surface area contributed by atoms with Gasteiger partial charge in [-0.25, -0.2) is 4.98 Å². The molecule has 0 aliphatic carbocycles. The van der Waals surface area contributed by atoms with Gasteiger partial charge in [-0.3, -0.25) is 0 Å². The zero-order valence-electron chi connectivity index (χ0n) is 9.17. The molecular formula is C11H10N4S2. The van der Waals surface area contributed by atoms with E-state index in [1.807, 2.05) is 13.0 Å². The van der Waals surface area contributed by atoms with Crippen LogP contribution in [0.2, 0.25) is 0 Å². The van der Waals surface area contributed by atoms with Gasteiger partial charge in [0.05, 0.1) is 5.56 Å². The molecule has 17 heavy (non-hydrogen) atoms. The second-order valence-corrected chi connectivity index (χ2v) is 5.34. The number of rotatable bonds is 3. The van der Waals surface area contributed by atoms with Gasteiger partial charge in [0.25, 0.3) is 0 Å². The second-order valence-electron chi connectivity index (χ2n) is 3.30. The van der Waals surface area contributed by atoms with Crippen LogP contribution >= 0.6 is 23.3 Å². The minimum Gasteiger partial charge on any atom is -0.399 e. The lowest BCUT2D eigenvalue weighted by atomic mass is 10.2. The number of nitrogens with two attached hydrogens (primary N) is 1. The molecule has 0 amide bonds. The maximum atomic E-state index is 9.02. The molecule has 0 fully saturated rings. The summed E-state index contributed by atoms with van der Waals surface area (Å²) in [7, 11) is 0. The molecule has 1 aromatic carbocycles. The van der Waals surface area contributed by atoms with Gasteiger partial charge in [0.2, 0.25) is 0 Å². The third kappa shape index (κ3) is 2.75. The number of nitrogen functional groups attached to an aromatic ring is 1. The molecule has 6 heteroatoms. The molecule has 0 aliphatic rings. The molecule has 2 rings (SSSR count). The van der Waals surface area contributed by atoms with Crippen molar-refractivity contribution in [2.75, 3.05) is 5.73 Å². The smallest absolute Gasteiger partial charge is 0.174 e. The number of nitrogens with zero attached hydrogens (tertiary/aromatic N) is 3. The highest BCUT2D eigenvalue weighted by atomic mass is 32.2. The van der Waals surface area contributed by atoms with Crippen LogP contribution in [-0.2, 0) is 6.42 Å². The molecule has 0 bridgehead atoms. The fourth-order valence-corrected chi connectivity index (χ4v) is 2.96. The van der Waals surface area contributed by atoms with Gasteiger partial charge >= 0.3 is 0 Å². The van der Waals surface area contributed by atoms with Crippen LogP contribution in [-0.4, -0.2) is 9.36 Å². The zero-order valence-corrected chi connectivity index (χ0v) is 10.8. The molecule has 86 valence electrons. The summed E-state index contributed by atoms with van der Waals surface area (Å²) >= 11 is 2.80. The van der Waals surface area contributed by atoms with E-state index in [4.69, 9.17) is 11.0 Å². The van der Waals surface area contributed by atoms with Crippen LogP contribution in [0.3, 0.4) is 0 Å². The Morgan fingerprint density at radius 1 is 1.53 bits per heavy atom. The molecule has 0 atom stereocenters. The Morgan fingerprint density at radius 2 is 2.35 bits per heavy atom. The maximum Gasteiger partial charge on any atom is 0.174 e. The van der Waals surface area contributed by atoms with Crippen molar-refractivity contribution in [1.29, 1.82) is 5.26 Å². The molecule has 0 saturated carbocycles. The van der Waals surface area contributed by atoms with E-state index in [0.717, 1.165) is 21.5 Å². The molecule has 2 N–H and O–H groups in total. The summed E-state index contributed by atoms with van der Waals surface area (Å²) in [5.41, 5.74) is 6.80. The first-order chi connectivity index (χ1) is 8.22. The molecule has 0 aliphatic heterocycles. The average molecular weight is 262 g/mol. The van der Waals surface area contributed by atoms with Gasteiger partial charge in [-0.1, -0.05) is 18.7 Å². The van der Waals surface area contributed by atoms with E-state index in [-0.39, 0.29) is 0 Å². The number of benzene rings is 1. The van der Waals surface area contributed by atoms with Crippen molar-refractivity contribution in [2.24, 2.45) is 0 Å². The number of hydrogen-bond donors (Lipinski definition) is 1. The molecule has 0 saturated heterocycles. The highest BCUT2D eigenvalue weighted by Crippen LogP contribution is 2.32. The standard InChI is InChI=1S/C11H10N4S2/c1-2-10-14-11(17-15-10)16-9-4-3-8(13)5-7(9)6-12/h3-5H,2,13H2,1H3. The Kier molecular flexibility index (Phi) is 3.61. The van der Waals surface area contributed by atoms with Gasteiger partial charge < -0.3 is 5.73 Å². The normalized spacial score (nSPS) is 10.1. The van der Waals surface area contributed by atoms with Gasteiger partial charge in [0.1, 0.15) is 11.9 Å². The largest absolute Gasteiger partial charge is 0.399 e. The first-order valence-electron chi connectivity index (χ1n) is 5.03. The number of anilines is 1. The first kappa shape index (κ1) is 11.9. The summed E-state index contributed by atoms with van der Waals surface area (Å²) < 4.78 is 5.06. The Labute approximate surface area is 108 Å². The summed E-state index contributed by atoms with van der Waals surface area (Å²) in [6.45, 7) is 2.01. The van der Waals surface area contributed by atoms with Crippen LogP contribution < -0.4 is 5.73 Å². The Hall–Kier alpha value is -1.58. The Balaban J connectivity index is 2.27. The Bertz CT molecular complexity index is 571. The minimum atomic E-state index is 0.572. The number of aryl methyl sites for hydroxylation is 1. The SMILES string of the molecule is CCc1nsc(Sc2ccc(N)cc2C#N)n1. The average Bonchev–Trinajstić information content (AvgIpc) is 2.79. The molecule has 1 aromatic heterocycles. The van der Waals surface area contributed by atoms with E-state index in [9.17, 15) is 0 Å². The number of hydrogen-bond acceptors (Lipinski definition) is 6. The van der Waals surface area contributed by atoms with Gasteiger partial charge in [-0.2, -0.15) is 9.64 Å². The van der Waals surface area contributed by atoms with Crippen molar-refractivity contribution >= 4 is 29.0 Å². The van der Waals surface area contributed by atoms with Crippen molar-refractivity contribution in [3.05, 3.63) is 29.6 Å². The predicted octanol–water partition coefficient (Wildman–Crippen LogP) is 2.71. The van der Waals surface area contributed by atoms with Crippen molar-refractivity contribution in [3.63, 3.8) is 0 Å². The summed E-state index contributed by atoms with van der Waals surface area (Å²) in [5.74, 6) is 0.839. The van der Waals surface area contributed by atoms with E-state index in [2.05, 4.69) is 15.4 Å². The van der Waals surface area contributed by atoms with Crippen LogP contribution in [0, 0.1) is 11.3 Å². The molecule has 0 unspecified atom stereocenters. The lowest BCUT2D eigenvalue weighted by Crippen LogP contribution is -1.88. The van der Waals surface area contributed by atoms with E-state index in [0.29, 0.717) is 11.3 Å². The third-order valence-corrected chi connectivity index (χ3v) is 3.95. The second kappa shape index (κ2) is 5.17. The van der Waals surface area contributed by atoms with Gasteiger partial charge in [-0.05, 0) is 29.7 Å². The summed E-state index contributed by atoms with van der Waals surface area (Å²) in [5, 5.41) is 9.02. The van der Waals surface area contributed by atoms with Crippen molar-refractivity contribution in [2.45, 2.75) is 22.6 Å². The molecular weight excluding hydrogens is 252 g/mol. The lowest BCUT2D eigenvalue weighted by Gasteiger charge is -2.01. The summed E-state index contributed by atoms with van der Waals surface area (Å²) in [6.07, 6.45) is 0.823. The molecule has 4 nitrogen and oxygen atoms in total. The monoisotopic (exact) mass is 262 g/mol. The number of nitriles is 1. The minimum absolute atomic E-state index is 0.572. The summed E-state index contributed by atoms with van der Waals surface area (Å²) in [6, 6.07) is 7.43. The molecule has 1 heterocycles. The van der Waals surface area contributed by atoms with Crippen LogP contribution in [0.15, 0.2) is 27.4 Å². The fraction of sp³-hybridized carbons (Fsp3) is 0.182. The highest BCUT2D eigenvalue weighted by Gasteiger charge is 2.08. The quantitative estimate of drug-likeness (QED) is 0.861. The molecule has 0 spiro atoms. The maximum absolute atomic E-state index is 9.02. The van der Waals surface area contributed by atoms with E-state index >= 15 is 0 Å². The van der Waals surface area contributed by atoms with E-state index in [1.165, 1.54) is 23.3 Å². The van der Waals surface area contributed by atoms with Crippen molar-refractivity contribution < 1.29 is 0 Å². The first-order valence-corrected chi connectivity index (χ1v) is 6.62. The lowest BCUT2D eigenvalue weighted by molar-refractivity contribution is 0.971. The van der Waals surface area contributed by atoms with Crippen molar-refractivity contribution in [3.8, 4) is 6.07 Å². The third-order valence-electron chi connectivity index (χ3n) is 2.09. The van der Waals surface area contributed by atoms with E-state index in [1.54, 1.807) is 12.1 Å². The van der Waals surface area contributed by atoms with Crippen LogP contribution in [0.5, 0.6) is 0 Å². The molecule has 0 radical (unpaired) electrons. The number of aromatic nitrogens is 2. The fourth-order valence-electron chi connectivity index (χ4n) is 1.24. The Morgan fingerprint density at radius 3 is 3.00 bits per heavy atom. The van der Waals surface area contributed by atoms with Crippen LogP contribution in [0.1, 0.15) is 18.3 Å². The van der Waals surface area contributed by atoms with Gasteiger partial charge in [0.15, 0.2) is 4.34 Å². The van der Waals surface area contributed by atoms with Crippen LogP contribution in [0.4, 0.5) is 5.69 Å². The van der Waals surface area contributed by atoms with Gasteiger partial charge in [0, 0.05) is 17.0 Å². The van der Waals surface area contributed by atoms with E-state index < -0.39 is 0 Å². The highest BCUT2D eigenvalue weighted by molar-refractivity contribution is 8.01. The zero-order chi connectivity index (χ0) is 12.3. The van der Waals surface area contributed by atoms with Gasteiger partial charge in [-0.15, -0.1) is 0 Å². The molecule has 2 aromatic rings. The van der Waals surface area contributed by atoms with Crippen molar-refractivity contribution in [1.82, 2.24) is 9.36 Å². The predicted molar refractivity (Wildman–Crippen MR) is 69.0 cm³/mol. The summed E-state index contributed by atoms with van der Waals surface area (Å²) in [4.78, 5) is 5.21.